The van der Waals surface area contributed by atoms with Crippen LogP contribution in [0.25, 0.3) is 6.08 Å². The number of allylic oxidation sites excluding steroid dienone is 1. The topological polar surface area (TPSA) is 35.5 Å². The van der Waals surface area contributed by atoms with Crippen molar-refractivity contribution in [2.75, 3.05) is 20.3 Å². The summed E-state index contributed by atoms with van der Waals surface area (Å²) >= 11 is 0. The van der Waals surface area contributed by atoms with Gasteiger partial charge in [0, 0.05) is 12.7 Å². The summed E-state index contributed by atoms with van der Waals surface area (Å²) in [6.07, 6.45) is -1.57. The van der Waals surface area contributed by atoms with Gasteiger partial charge < -0.3 is 9.47 Å². The third-order valence-corrected chi connectivity index (χ3v) is 3.36. The molecule has 6 heteroatoms. The minimum atomic E-state index is -4.37. The molecule has 0 radical (unpaired) electrons. The Morgan fingerprint density at radius 3 is 2.20 bits per heavy atom. The predicted octanol–water partition coefficient (Wildman–Crippen LogP) is 4.63. The van der Waals surface area contributed by atoms with E-state index in [2.05, 4.69) is 0 Å². The number of ether oxygens (including phenoxy) is 2. The number of methoxy groups -OCH3 is 1. The molecule has 0 atom stereocenters. The summed E-state index contributed by atoms with van der Waals surface area (Å²) in [4.78, 5) is 12.1. The van der Waals surface area contributed by atoms with Gasteiger partial charge in [-0.3, -0.25) is 4.79 Å². The third kappa shape index (κ3) is 5.76. The molecule has 0 heterocycles. The van der Waals surface area contributed by atoms with E-state index in [1.54, 1.807) is 31.4 Å². The maximum Gasteiger partial charge on any atom is 0.416 e. The highest BCUT2D eigenvalue weighted by Crippen LogP contribution is 2.29. The number of benzene rings is 2. The van der Waals surface area contributed by atoms with Gasteiger partial charge in [-0.25, -0.2) is 0 Å². The van der Waals surface area contributed by atoms with Gasteiger partial charge in [0.1, 0.15) is 12.4 Å². The van der Waals surface area contributed by atoms with Gasteiger partial charge >= 0.3 is 6.18 Å². The highest BCUT2D eigenvalue weighted by molar-refractivity contribution is 6.06. The van der Waals surface area contributed by atoms with Crippen molar-refractivity contribution >= 4 is 11.9 Å². The van der Waals surface area contributed by atoms with E-state index in [0.717, 1.165) is 12.1 Å². The predicted molar refractivity (Wildman–Crippen MR) is 88.6 cm³/mol. The molecule has 0 aliphatic carbocycles. The molecular weight excluding hydrogens is 333 g/mol. The summed E-state index contributed by atoms with van der Waals surface area (Å²) in [6, 6.07) is 11.2. The molecule has 0 saturated carbocycles. The largest absolute Gasteiger partial charge is 0.491 e. The Labute approximate surface area is 143 Å². The first kappa shape index (κ1) is 18.7. The highest BCUT2D eigenvalue weighted by Gasteiger charge is 2.29. The number of carbonyl (C=O) groups is 1. The molecule has 0 amide bonds. The minimum Gasteiger partial charge on any atom is -0.491 e. The molecule has 0 aliphatic heterocycles. The number of hydrogen-bond donors (Lipinski definition) is 0. The highest BCUT2D eigenvalue weighted by atomic mass is 19.4. The van der Waals surface area contributed by atoms with Crippen LogP contribution in [-0.2, 0) is 10.9 Å². The third-order valence-electron chi connectivity index (χ3n) is 3.36. The first-order chi connectivity index (χ1) is 11.9. The zero-order valence-electron chi connectivity index (χ0n) is 13.5. The standard InChI is InChI=1S/C19H17F3O3/c1-24-12-13-25-17-9-5-15(6-10-17)18(23)11-4-14-2-7-16(8-3-14)19(20,21)22/h2-11H,12-13H2,1H3. The molecule has 2 aromatic rings. The van der Waals surface area contributed by atoms with E-state index in [0.29, 0.717) is 30.1 Å². The average Bonchev–Trinajstić information content (AvgIpc) is 2.60. The van der Waals surface area contributed by atoms with Crippen molar-refractivity contribution in [3.63, 3.8) is 0 Å². The van der Waals surface area contributed by atoms with E-state index in [1.165, 1.54) is 24.3 Å². The lowest BCUT2D eigenvalue weighted by Crippen LogP contribution is -2.04. The van der Waals surface area contributed by atoms with Gasteiger partial charge in [0.05, 0.1) is 12.2 Å². The number of halogens is 3. The Bertz CT molecular complexity index is 717. The van der Waals surface area contributed by atoms with E-state index in [-0.39, 0.29) is 5.78 Å². The molecule has 25 heavy (non-hydrogen) atoms. The van der Waals surface area contributed by atoms with Crippen LogP contribution in [0.1, 0.15) is 21.5 Å². The lowest BCUT2D eigenvalue weighted by molar-refractivity contribution is -0.137. The van der Waals surface area contributed by atoms with Gasteiger partial charge in [0.2, 0.25) is 0 Å². The molecule has 0 bridgehead atoms. The SMILES string of the molecule is COCCOc1ccc(C(=O)C=Cc2ccc(C(F)(F)F)cc2)cc1. The van der Waals surface area contributed by atoms with Crippen molar-refractivity contribution < 1.29 is 27.4 Å². The molecule has 0 saturated heterocycles. The van der Waals surface area contributed by atoms with E-state index in [1.807, 2.05) is 0 Å². The normalized spacial score (nSPS) is 11.7. The molecule has 0 fully saturated rings. The van der Waals surface area contributed by atoms with Crippen molar-refractivity contribution in [3.05, 3.63) is 71.3 Å². The van der Waals surface area contributed by atoms with Gasteiger partial charge in [-0.2, -0.15) is 13.2 Å². The molecular formula is C19H17F3O3. The molecule has 0 N–H and O–H groups in total. The summed E-state index contributed by atoms with van der Waals surface area (Å²) in [5, 5.41) is 0. The van der Waals surface area contributed by atoms with Crippen molar-refractivity contribution in [1.82, 2.24) is 0 Å². The Balaban J connectivity index is 1.97. The summed E-state index contributed by atoms with van der Waals surface area (Å²) in [7, 11) is 1.58. The monoisotopic (exact) mass is 350 g/mol. The van der Waals surface area contributed by atoms with Crippen molar-refractivity contribution in [2.45, 2.75) is 6.18 Å². The van der Waals surface area contributed by atoms with E-state index in [9.17, 15) is 18.0 Å². The Hall–Kier alpha value is -2.60. The fraction of sp³-hybridized carbons (Fsp3) is 0.211. The first-order valence-electron chi connectivity index (χ1n) is 7.51. The fourth-order valence-corrected chi connectivity index (χ4v) is 2.01. The van der Waals surface area contributed by atoms with Gasteiger partial charge in [-0.05, 0) is 48.0 Å². The lowest BCUT2D eigenvalue weighted by Gasteiger charge is -2.06. The van der Waals surface area contributed by atoms with E-state index in [4.69, 9.17) is 9.47 Å². The molecule has 3 nitrogen and oxygen atoms in total. The maximum atomic E-state index is 12.5. The van der Waals surface area contributed by atoms with Gasteiger partial charge in [-0.1, -0.05) is 18.2 Å². The number of hydrogen-bond acceptors (Lipinski definition) is 3. The van der Waals surface area contributed by atoms with E-state index < -0.39 is 11.7 Å². The zero-order chi connectivity index (χ0) is 18.3. The Kier molecular flexibility index (Phi) is 6.36. The lowest BCUT2D eigenvalue weighted by atomic mass is 10.1. The summed E-state index contributed by atoms with van der Waals surface area (Å²) < 4.78 is 47.8. The van der Waals surface area contributed by atoms with Gasteiger partial charge in [0.25, 0.3) is 0 Å². The van der Waals surface area contributed by atoms with Crippen LogP contribution in [0.3, 0.4) is 0 Å². The second-order valence-electron chi connectivity index (χ2n) is 5.18. The molecule has 2 rings (SSSR count). The molecule has 0 aromatic heterocycles. The summed E-state index contributed by atoms with van der Waals surface area (Å²) in [5.41, 5.74) is 0.253. The van der Waals surface area contributed by atoms with Crippen molar-refractivity contribution in [3.8, 4) is 5.75 Å². The Morgan fingerprint density at radius 1 is 1.00 bits per heavy atom. The van der Waals surface area contributed by atoms with Crippen LogP contribution in [0.4, 0.5) is 13.2 Å². The zero-order valence-corrected chi connectivity index (χ0v) is 13.5. The second-order valence-corrected chi connectivity index (χ2v) is 5.18. The summed E-state index contributed by atoms with van der Waals surface area (Å²) in [6.45, 7) is 0.883. The second kappa shape index (κ2) is 8.48. The molecule has 132 valence electrons. The first-order valence-corrected chi connectivity index (χ1v) is 7.51. The average molecular weight is 350 g/mol. The minimum absolute atomic E-state index is 0.247. The number of carbonyl (C=O) groups excluding carboxylic acids is 1. The van der Waals surface area contributed by atoms with Crippen LogP contribution in [0.15, 0.2) is 54.6 Å². The maximum absolute atomic E-state index is 12.5. The van der Waals surface area contributed by atoms with Crippen molar-refractivity contribution in [1.29, 1.82) is 0 Å². The number of rotatable bonds is 7. The molecule has 2 aromatic carbocycles. The smallest absolute Gasteiger partial charge is 0.416 e. The number of alkyl halides is 3. The van der Waals surface area contributed by atoms with Crippen LogP contribution < -0.4 is 4.74 Å². The van der Waals surface area contributed by atoms with Crippen LogP contribution in [-0.4, -0.2) is 26.1 Å². The summed E-state index contributed by atoms with van der Waals surface area (Å²) in [5.74, 6) is 0.378. The quantitative estimate of drug-likeness (QED) is 0.415. The van der Waals surface area contributed by atoms with Crippen LogP contribution in [0, 0.1) is 0 Å². The van der Waals surface area contributed by atoms with Gasteiger partial charge in [0.15, 0.2) is 5.78 Å². The van der Waals surface area contributed by atoms with Crippen LogP contribution >= 0.6 is 0 Å². The molecule has 0 unspecified atom stereocenters. The Morgan fingerprint density at radius 2 is 1.64 bits per heavy atom. The van der Waals surface area contributed by atoms with Crippen LogP contribution in [0.2, 0.25) is 0 Å². The van der Waals surface area contributed by atoms with Crippen LogP contribution in [0.5, 0.6) is 5.75 Å². The number of ketones is 1. The molecule has 0 aliphatic rings. The van der Waals surface area contributed by atoms with Gasteiger partial charge in [-0.15, -0.1) is 0 Å². The molecule has 0 spiro atoms. The fourth-order valence-electron chi connectivity index (χ4n) is 2.01. The van der Waals surface area contributed by atoms with E-state index >= 15 is 0 Å². The van der Waals surface area contributed by atoms with Crippen molar-refractivity contribution in [2.24, 2.45) is 0 Å².